The Kier molecular flexibility index (Phi) is 16.8. The topological polar surface area (TPSA) is 0 Å². The van der Waals surface area contributed by atoms with Gasteiger partial charge in [-0.05, 0) is 0 Å². The van der Waals surface area contributed by atoms with Crippen molar-refractivity contribution < 1.29 is 57.7 Å². The van der Waals surface area contributed by atoms with E-state index >= 15 is 0 Å². The van der Waals surface area contributed by atoms with Gasteiger partial charge in [0.25, 0.3) is 0 Å². The molecular weight excluding hydrogens is 459 g/mol. The summed E-state index contributed by atoms with van der Waals surface area (Å²) in [6.07, 6.45) is 10.7. The summed E-state index contributed by atoms with van der Waals surface area (Å²) in [7, 11) is -0.338. The van der Waals surface area contributed by atoms with Gasteiger partial charge in [0.15, 0.2) is 0 Å². The Morgan fingerprint density at radius 2 is 1.43 bits per heavy atom. The van der Waals surface area contributed by atoms with Gasteiger partial charge in [0.2, 0.25) is 0 Å². The van der Waals surface area contributed by atoms with Crippen LogP contribution < -0.4 is 42.4 Å². The number of hydrogen-bond donors (Lipinski definition) is 0. The van der Waals surface area contributed by atoms with E-state index in [0.717, 1.165) is 0 Å². The third-order valence-electron chi connectivity index (χ3n) is 5.60. The van der Waals surface area contributed by atoms with E-state index in [2.05, 4.69) is 67.2 Å². The number of unbranched alkanes of at least 4 members (excludes halogenated alkanes) is 3. The van der Waals surface area contributed by atoms with Gasteiger partial charge in [-0.15, -0.1) is 0 Å². The molecule has 0 heterocycles. The number of benzene rings is 1. The van der Waals surface area contributed by atoms with Crippen molar-refractivity contribution in [3.8, 4) is 0 Å². The minimum Gasteiger partial charge on any atom is -1.00 e. The molecule has 0 atom stereocenters. The predicted molar refractivity (Wildman–Crippen MR) is 111 cm³/mol. The molecule has 0 aromatic heterocycles. The molecule has 0 spiro atoms. The van der Waals surface area contributed by atoms with Gasteiger partial charge in [-0.2, -0.15) is 0 Å². The van der Waals surface area contributed by atoms with Crippen LogP contribution in [0.1, 0.15) is 81.9 Å². The van der Waals surface area contributed by atoms with Crippen molar-refractivity contribution in [3.05, 3.63) is 49.0 Å². The molecular formula is C23H35Cl3SiTi. The molecule has 1 aromatic carbocycles. The molecule has 156 valence electrons. The Morgan fingerprint density at radius 3 is 1.96 bits per heavy atom. The summed E-state index contributed by atoms with van der Waals surface area (Å²) in [5.74, 6) is 0. The molecule has 0 bridgehead atoms. The Labute approximate surface area is 206 Å². The minimum atomic E-state index is -0.338. The summed E-state index contributed by atoms with van der Waals surface area (Å²) in [5.41, 5.74) is 8.00. The van der Waals surface area contributed by atoms with Gasteiger partial charge in [0, 0.05) is 0 Å². The molecule has 2 rings (SSSR count). The van der Waals surface area contributed by atoms with Gasteiger partial charge < -0.3 is 37.2 Å². The van der Waals surface area contributed by atoms with Crippen LogP contribution in [0.5, 0.6) is 0 Å². The number of rotatable bonds is 9. The average Bonchev–Trinajstić information content (AvgIpc) is 2.84. The van der Waals surface area contributed by atoms with Crippen molar-refractivity contribution >= 4 is 14.7 Å². The molecule has 0 saturated heterocycles. The molecule has 0 nitrogen and oxygen atoms in total. The zero-order valence-corrected chi connectivity index (χ0v) is 23.4. The molecule has 28 heavy (non-hydrogen) atoms. The number of aryl methyl sites for hydroxylation is 3. The number of allylic oxidation sites excluding steroid dienone is 4. The van der Waals surface area contributed by atoms with Crippen LogP contribution in [0.25, 0.3) is 0 Å². The molecule has 1 aliphatic carbocycles. The van der Waals surface area contributed by atoms with Crippen LogP contribution >= 0.6 is 0 Å². The molecule has 5 heteroatoms. The van der Waals surface area contributed by atoms with Crippen LogP contribution in [0.3, 0.4) is 0 Å². The van der Waals surface area contributed by atoms with E-state index < -0.39 is 0 Å². The SMILES string of the molecule is CCCCCC1=[C]([Ti+3])C(CCCC)=C([SiH2]c2c(C)cc(C)cc2C)C1.[Cl-].[Cl-].[Cl-]. The maximum atomic E-state index is 2.42. The van der Waals surface area contributed by atoms with Crippen molar-refractivity contribution in [2.45, 2.75) is 86.0 Å². The third kappa shape index (κ3) is 8.32. The van der Waals surface area contributed by atoms with Crippen LogP contribution in [-0.2, 0) is 20.4 Å². The zero-order chi connectivity index (χ0) is 18.4. The first kappa shape index (κ1) is 30.7. The Morgan fingerprint density at radius 1 is 0.857 bits per heavy atom. The standard InChI is InChI=1S/C23H35Si.3ClH.Ti/c1-6-8-10-11-20-15-21(12-9-7-2)22(16-20)24-23-18(4)13-17(3)14-19(23)5;;;;/h13-14H,6-12,16,24H2,1-5H3;3*1H;/q;;;;+3/p-3. The van der Waals surface area contributed by atoms with E-state index in [1.807, 2.05) is 5.20 Å². The van der Waals surface area contributed by atoms with E-state index in [-0.39, 0.29) is 46.7 Å². The van der Waals surface area contributed by atoms with E-state index in [1.165, 1.54) is 68.1 Å². The fraction of sp³-hybridized carbons (Fsp3) is 0.565. The van der Waals surface area contributed by atoms with E-state index in [1.54, 1.807) is 20.2 Å². The van der Waals surface area contributed by atoms with Crippen molar-refractivity contribution in [2.75, 3.05) is 0 Å². The first-order valence-electron chi connectivity index (χ1n) is 10.2. The first-order chi connectivity index (χ1) is 12.0. The van der Waals surface area contributed by atoms with Crippen molar-refractivity contribution in [3.63, 3.8) is 0 Å². The Balaban J connectivity index is 0. The van der Waals surface area contributed by atoms with E-state index in [4.69, 9.17) is 0 Å². The number of hydrogen-bond acceptors (Lipinski definition) is 0. The summed E-state index contributed by atoms with van der Waals surface area (Å²) < 4.78 is 1.68. The van der Waals surface area contributed by atoms with Gasteiger partial charge in [0.05, 0.1) is 0 Å². The monoisotopic (exact) mass is 492 g/mol. The van der Waals surface area contributed by atoms with Crippen LogP contribution in [0.15, 0.2) is 32.4 Å². The summed E-state index contributed by atoms with van der Waals surface area (Å²) in [4.78, 5) is 0. The van der Waals surface area contributed by atoms with Gasteiger partial charge in [-0.1, -0.05) is 0 Å². The first-order valence-corrected chi connectivity index (χ1v) is 12.4. The molecule has 1 aliphatic rings. The summed E-state index contributed by atoms with van der Waals surface area (Å²) in [6.45, 7) is 11.5. The van der Waals surface area contributed by atoms with Crippen LogP contribution in [0.4, 0.5) is 0 Å². The van der Waals surface area contributed by atoms with Crippen molar-refractivity contribution in [2.24, 2.45) is 0 Å². The average molecular weight is 494 g/mol. The molecule has 0 N–H and O–H groups in total. The maximum Gasteiger partial charge on any atom is -1.00 e. The van der Waals surface area contributed by atoms with E-state index in [9.17, 15) is 0 Å². The van der Waals surface area contributed by atoms with Gasteiger partial charge >= 0.3 is 170 Å². The fourth-order valence-electron chi connectivity index (χ4n) is 4.17. The fourth-order valence-corrected chi connectivity index (χ4v) is 7.43. The second kappa shape index (κ2) is 15.3. The summed E-state index contributed by atoms with van der Waals surface area (Å²) >= 11 is 2.42. The predicted octanol–water partition coefficient (Wildman–Crippen LogP) is -3.35. The van der Waals surface area contributed by atoms with Crippen LogP contribution in [0, 0.1) is 20.8 Å². The van der Waals surface area contributed by atoms with Gasteiger partial charge in [-0.3, -0.25) is 0 Å². The minimum absolute atomic E-state index is 0. The molecule has 0 saturated carbocycles. The van der Waals surface area contributed by atoms with Gasteiger partial charge in [-0.25, -0.2) is 0 Å². The third-order valence-corrected chi connectivity index (χ3v) is 9.20. The molecule has 0 unspecified atom stereocenters. The van der Waals surface area contributed by atoms with Gasteiger partial charge in [0.1, 0.15) is 0 Å². The maximum absolute atomic E-state index is 2.42. The van der Waals surface area contributed by atoms with E-state index in [0.29, 0.717) is 0 Å². The van der Waals surface area contributed by atoms with Crippen molar-refractivity contribution in [1.82, 2.24) is 0 Å². The summed E-state index contributed by atoms with van der Waals surface area (Å²) in [6, 6.07) is 4.78. The molecule has 1 aromatic rings. The summed E-state index contributed by atoms with van der Waals surface area (Å²) in [5, 5.41) is 3.56. The van der Waals surface area contributed by atoms with Crippen molar-refractivity contribution in [1.29, 1.82) is 0 Å². The second-order valence-corrected chi connectivity index (χ2v) is 10.5. The van der Waals surface area contributed by atoms with Crippen LogP contribution in [-0.4, -0.2) is 9.52 Å². The zero-order valence-electron chi connectivity index (χ0n) is 18.2. The number of halogens is 3. The smallest absolute Gasteiger partial charge is 1.00 e. The molecule has 0 aliphatic heterocycles. The Hall–Kier alpha value is 0.501. The molecule has 0 radical (unpaired) electrons. The molecule has 0 amide bonds. The molecule has 0 fully saturated rings. The normalized spacial score (nSPS) is 13.7. The quantitative estimate of drug-likeness (QED) is 0.249. The Bertz CT molecular complexity index is 657. The largest absolute Gasteiger partial charge is 1.00 e. The van der Waals surface area contributed by atoms with Crippen LogP contribution in [0.2, 0.25) is 0 Å². The second-order valence-electron chi connectivity index (χ2n) is 7.85.